The van der Waals surface area contributed by atoms with Gasteiger partial charge in [-0.15, -0.1) is 0 Å². The van der Waals surface area contributed by atoms with Gasteiger partial charge in [0.15, 0.2) is 11.2 Å². The molecule has 2 aromatic heterocycles. The van der Waals surface area contributed by atoms with Crippen molar-refractivity contribution in [1.82, 2.24) is 24.3 Å². The molecular weight excluding hydrogens is 426 g/mol. The van der Waals surface area contributed by atoms with E-state index in [1.807, 2.05) is 12.1 Å². The molecule has 0 atom stereocenters. The molecule has 3 aromatic rings. The Bertz CT molecular complexity index is 1470. The van der Waals surface area contributed by atoms with E-state index in [0.717, 1.165) is 62.5 Å². The van der Waals surface area contributed by atoms with Gasteiger partial charge in [0.05, 0.1) is 27.8 Å². The van der Waals surface area contributed by atoms with E-state index in [0.29, 0.717) is 17.2 Å². The summed E-state index contributed by atoms with van der Waals surface area (Å²) in [6.45, 7) is 5.84. The van der Waals surface area contributed by atoms with Gasteiger partial charge in [0, 0.05) is 45.1 Å². The molecule has 1 aliphatic carbocycles. The molecule has 0 saturated carbocycles. The van der Waals surface area contributed by atoms with Crippen molar-refractivity contribution in [1.29, 1.82) is 0 Å². The SMILES string of the molecule is O=c1cccc2nc(NCCCN3CCN(c4nc5ccccc5n5cccc45)CC3)[nH]cc1-2. The zero-order chi connectivity index (χ0) is 22.9. The minimum atomic E-state index is -0.0106. The summed E-state index contributed by atoms with van der Waals surface area (Å²) >= 11 is 0. The Morgan fingerprint density at radius 2 is 1.76 bits per heavy atom. The zero-order valence-electron chi connectivity index (χ0n) is 18.9. The molecule has 8 heteroatoms. The molecule has 0 spiro atoms. The van der Waals surface area contributed by atoms with Gasteiger partial charge < -0.3 is 19.6 Å². The van der Waals surface area contributed by atoms with Crippen molar-refractivity contribution in [2.75, 3.05) is 49.5 Å². The summed E-state index contributed by atoms with van der Waals surface area (Å²) in [5, 5.41) is 3.35. The van der Waals surface area contributed by atoms with E-state index in [1.54, 1.807) is 18.3 Å². The van der Waals surface area contributed by atoms with Gasteiger partial charge in [-0.2, -0.15) is 0 Å². The number of aromatic nitrogens is 4. The van der Waals surface area contributed by atoms with Gasteiger partial charge in [0.2, 0.25) is 5.95 Å². The molecular formula is C26H27N7O. The fourth-order valence-corrected chi connectivity index (χ4v) is 4.79. The van der Waals surface area contributed by atoms with Crippen molar-refractivity contribution in [2.24, 2.45) is 0 Å². The van der Waals surface area contributed by atoms with Crippen molar-refractivity contribution in [2.45, 2.75) is 6.42 Å². The number of anilines is 2. The minimum absolute atomic E-state index is 0.0106. The Hall–Kier alpha value is -3.91. The summed E-state index contributed by atoms with van der Waals surface area (Å²) < 4.78 is 2.24. The van der Waals surface area contributed by atoms with Gasteiger partial charge in [0.25, 0.3) is 0 Å². The molecule has 172 valence electrons. The lowest BCUT2D eigenvalue weighted by Crippen LogP contribution is -2.47. The highest BCUT2D eigenvalue weighted by Gasteiger charge is 2.20. The quantitative estimate of drug-likeness (QED) is 0.384. The fourth-order valence-electron chi connectivity index (χ4n) is 4.79. The third-order valence-electron chi connectivity index (χ3n) is 6.59. The molecule has 1 fully saturated rings. The number of benzene rings is 2. The summed E-state index contributed by atoms with van der Waals surface area (Å²) in [6, 6.07) is 17.7. The Morgan fingerprint density at radius 3 is 2.68 bits per heavy atom. The molecule has 0 amide bonds. The first-order chi connectivity index (χ1) is 16.8. The lowest BCUT2D eigenvalue weighted by molar-refractivity contribution is 0.257. The maximum atomic E-state index is 11.9. The molecule has 6 rings (SSSR count). The van der Waals surface area contributed by atoms with E-state index in [2.05, 4.69) is 66.0 Å². The van der Waals surface area contributed by atoms with E-state index in [1.165, 1.54) is 5.52 Å². The highest BCUT2D eigenvalue weighted by atomic mass is 16.1. The third kappa shape index (κ3) is 3.86. The number of hydrogen-bond acceptors (Lipinski definition) is 6. The topological polar surface area (TPSA) is 81.6 Å². The van der Waals surface area contributed by atoms with E-state index in [-0.39, 0.29) is 5.43 Å². The van der Waals surface area contributed by atoms with Crippen molar-refractivity contribution < 1.29 is 0 Å². The van der Waals surface area contributed by atoms with E-state index >= 15 is 0 Å². The van der Waals surface area contributed by atoms with Crippen LogP contribution in [-0.4, -0.2) is 63.5 Å². The second-order valence-corrected chi connectivity index (χ2v) is 8.73. The molecule has 0 bridgehead atoms. The van der Waals surface area contributed by atoms with Crippen LogP contribution in [0, 0.1) is 0 Å². The maximum Gasteiger partial charge on any atom is 0.200 e. The average molecular weight is 454 g/mol. The number of rotatable bonds is 6. The highest BCUT2D eigenvalue weighted by molar-refractivity contribution is 5.85. The van der Waals surface area contributed by atoms with Crippen LogP contribution < -0.4 is 15.6 Å². The smallest absolute Gasteiger partial charge is 0.200 e. The van der Waals surface area contributed by atoms with Gasteiger partial charge >= 0.3 is 0 Å². The summed E-state index contributed by atoms with van der Waals surface area (Å²) in [4.78, 5) is 29.4. The number of para-hydroxylation sites is 2. The summed E-state index contributed by atoms with van der Waals surface area (Å²) in [5.74, 6) is 1.77. The van der Waals surface area contributed by atoms with Crippen molar-refractivity contribution in [3.05, 3.63) is 77.2 Å². The van der Waals surface area contributed by atoms with E-state index in [4.69, 9.17) is 4.98 Å². The highest BCUT2D eigenvalue weighted by Crippen LogP contribution is 2.26. The second kappa shape index (κ2) is 8.79. The first kappa shape index (κ1) is 20.7. The van der Waals surface area contributed by atoms with Gasteiger partial charge in [-0.1, -0.05) is 18.2 Å². The van der Waals surface area contributed by atoms with Crippen LogP contribution >= 0.6 is 0 Å². The van der Waals surface area contributed by atoms with Crippen LogP contribution in [0.1, 0.15) is 6.42 Å². The number of hydrogen-bond donors (Lipinski definition) is 2. The monoisotopic (exact) mass is 453 g/mol. The first-order valence-corrected chi connectivity index (χ1v) is 11.8. The number of aromatic amines is 1. The van der Waals surface area contributed by atoms with Crippen molar-refractivity contribution >= 4 is 28.3 Å². The molecule has 34 heavy (non-hydrogen) atoms. The van der Waals surface area contributed by atoms with Crippen LogP contribution in [0.2, 0.25) is 0 Å². The predicted octanol–water partition coefficient (Wildman–Crippen LogP) is 3.30. The second-order valence-electron chi connectivity index (χ2n) is 8.73. The molecule has 0 unspecified atom stereocenters. The Kier molecular flexibility index (Phi) is 5.35. The van der Waals surface area contributed by atoms with Crippen LogP contribution in [-0.2, 0) is 0 Å². The predicted molar refractivity (Wildman–Crippen MR) is 136 cm³/mol. The molecule has 3 aliphatic rings. The Balaban J connectivity index is 1.04. The van der Waals surface area contributed by atoms with Crippen LogP contribution in [0.4, 0.5) is 11.8 Å². The maximum absolute atomic E-state index is 11.9. The lowest BCUT2D eigenvalue weighted by Gasteiger charge is -2.35. The summed E-state index contributed by atoms with van der Waals surface area (Å²) in [7, 11) is 0. The number of piperazine rings is 1. The summed E-state index contributed by atoms with van der Waals surface area (Å²) in [6.07, 6.45) is 4.87. The Morgan fingerprint density at radius 1 is 0.912 bits per heavy atom. The van der Waals surface area contributed by atoms with E-state index in [9.17, 15) is 4.79 Å². The number of fused-ring (bicyclic) bond motifs is 4. The van der Waals surface area contributed by atoms with Gasteiger partial charge in [0.1, 0.15) is 0 Å². The molecule has 2 aliphatic heterocycles. The number of nitrogens with one attached hydrogen (secondary N) is 2. The van der Waals surface area contributed by atoms with Gasteiger partial charge in [-0.25, -0.2) is 9.97 Å². The fraction of sp³-hybridized carbons (Fsp3) is 0.269. The summed E-state index contributed by atoms with van der Waals surface area (Å²) in [5.41, 5.74) is 4.65. The number of nitrogens with zero attached hydrogens (tertiary/aromatic N) is 5. The third-order valence-corrected chi connectivity index (χ3v) is 6.59. The van der Waals surface area contributed by atoms with Crippen LogP contribution in [0.25, 0.3) is 27.8 Å². The van der Waals surface area contributed by atoms with Gasteiger partial charge in [-0.05, 0) is 49.4 Å². The molecule has 1 aromatic carbocycles. The molecule has 0 radical (unpaired) electrons. The molecule has 2 N–H and O–H groups in total. The molecule has 8 nitrogen and oxygen atoms in total. The van der Waals surface area contributed by atoms with Crippen LogP contribution in [0.15, 0.2) is 71.8 Å². The Labute approximate surface area is 197 Å². The molecule has 4 heterocycles. The number of H-pyrrole nitrogens is 1. The standard InChI is InChI=1S/C26H27N7O/c34-24-10-3-7-20-19(24)18-28-26(30-20)27-11-5-12-31-14-16-32(17-15-31)25-23-9-4-13-33(23)22-8-2-1-6-21(22)29-25/h1-4,6-10,13,18H,5,11-12,14-17H2,(H2,27,28,30). The lowest BCUT2D eigenvalue weighted by atomic mass is 10.1. The van der Waals surface area contributed by atoms with Crippen molar-refractivity contribution in [3.8, 4) is 11.3 Å². The van der Waals surface area contributed by atoms with E-state index < -0.39 is 0 Å². The van der Waals surface area contributed by atoms with Gasteiger partial charge in [-0.3, -0.25) is 9.69 Å². The van der Waals surface area contributed by atoms with Crippen LogP contribution in [0.5, 0.6) is 0 Å². The normalized spacial score (nSPS) is 14.9. The first-order valence-electron chi connectivity index (χ1n) is 11.8. The largest absolute Gasteiger partial charge is 0.356 e. The zero-order valence-corrected chi connectivity index (χ0v) is 18.9. The minimum Gasteiger partial charge on any atom is -0.356 e. The molecule has 1 saturated heterocycles. The van der Waals surface area contributed by atoms with Crippen molar-refractivity contribution in [3.63, 3.8) is 0 Å². The average Bonchev–Trinajstić information content (AvgIpc) is 3.37. The van der Waals surface area contributed by atoms with Crippen LogP contribution in [0.3, 0.4) is 0 Å².